The van der Waals surface area contributed by atoms with Gasteiger partial charge >= 0.3 is 12.1 Å². The molecule has 1 fully saturated rings. The number of amides is 1. The second-order valence-electron chi connectivity index (χ2n) is 2.78. The Morgan fingerprint density at radius 3 is 2.71 bits per heavy atom. The minimum absolute atomic E-state index is 0.000486. The van der Waals surface area contributed by atoms with Crippen molar-refractivity contribution in [3.63, 3.8) is 0 Å². The number of alkyl halides is 3. The van der Waals surface area contributed by atoms with Gasteiger partial charge < -0.3 is 9.64 Å². The molecule has 0 N–H and O–H groups in total. The minimum atomic E-state index is -4.78. The summed E-state index contributed by atoms with van der Waals surface area (Å²) < 4.78 is 41.2. The van der Waals surface area contributed by atoms with Gasteiger partial charge in [0.1, 0.15) is 5.44 Å². The number of hydrogen-bond acceptors (Lipinski definition) is 3. The standard InChI is InChI=1S/C7H10F3NO2S/c1-14-5-4-11(2-3-13-5)6(12)7(8,9)10/h5H,2-4H2,1H3. The van der Waals surface area contributed by atoms with E-state index in [4.69, 9.17) is 4.74 Å². The molecule has 3 nitrogen and oxygen atoms in total. The van der Waals surface area contributed by atoms with Crippen molar-refractivity contribution in [1.29, 1.82) is 0 Å². The first-order valence-corrected chi connectivity index (χ1v) is 5.24. The van der Waals surface area contributed by atoms with E-state index in [9.17, 15) is 18.0 Å². The summed E-state index contributed by atoms with van der Waals surface area (Å²) in [4.78, 5) is 11.6. The number of hydrogen-bond donors (Lipinski definition) is 0. The third-order valence-corrected chi connectivity index (χ3v) is 2.64. The van der Waals surface area contributed by atoms with Crippen LogP contribution in [-0.2, 0) is 9.53 Å². The van der Waals surface area contributed by atoms with Crippen LogP contribution in [0.4, 0.5) is 13.2 Å². The predicted molar refractivity (Wildman–Crippen MR) is 45.9 cm³/mol. The Kier molecular flexibility index (Phi) is 3.65. The number of halogens is 3. The average Bonchev–Trinajstić information content (AvgIpc) is 2.15. The highest BCUT2D eigenvalue weighted by atomic mass is 32.2. The van der Waals surface area contributed by atoms with E-state index >= 15 is 0 Å². The lowest BCUT2D eigenvalue weighted by atomic mass is 10.4. The van der Waals surface area contributed by atoms with Gasteiger partial charge in [0, 0.05) is 6.54 Å². The van der Waals surface area contributed by atoms with E-state index in [-0.39, 0.29) is 25.1 Å². The molecule has 14 heavy (non-hydrogen) atoms. The zero-order valence-corrected chi connectivity index (χ0v) is 8.32. The maximum Gasteiger partial charge on any atom is 0.471 e. The van der Waals surface area contributed by atoms with Gasteiger partial charge in [-0.15, -0.1) is 11.8 Å². The van der Waals surface area contributed by atoms with Crippen molar-refractivity contribution in [2.75, 3.05) is 26.0 Å². The quantitative estimate of drug-likeness (QED) is 0.674. The lowest BCUT2D eigenvalue weighted by Gasteiger charge is -2.32. The summed E-state index contributed by atoms with van der Waals surface area (Å²) >= 11 is 1.29. The fourth-order valence-electron chi connectivity index (χ4n) is 1.12. The molecule has 1 heterocycles. The van der Waals surface area contributed by atoms with E-state index < -0.39 is 12.1 Å². The molecule has 0 aromatic carbocycles. The summed E-state index contributed by atoms with van der Waals surface area (Å²) in [6.45, 7) is 0.169. The number of morpholine rings is 1. The van der Waals surface area contributed by atoms with Crippen molar-refractivity contribution in [2.45, 2.75) is 11.6 Å². The topological polar surface area (TPSA) is 29.5 Å². The second-order valence-corrected chi connectivity index (χ2v) is 3.78. The van der Waals surface area contributed by atoms with E-state index in [0.29, 0.717) is 0 Å². The first-order valence-electron chi connectivity index (χ1n) is 3.95. The van der Waals surface area contributed by atoms with Gasteiger partial charge in [-0.25, -0.2) is 0 Å². The van der Waals surface area contributed by atoms with Gasteiger partial charge in [-0.3, -0.25) is 4.79 Å². The number of thioether (sulfide) groups is 1. The van der Waals surface area contributed by atoms with Crippen molar-refractivity contribution in [3.05, 3.63) is 0 Å². The van der Waals surface area contributed by atoms with Crippen LogP contribution in [-0.4, -0.2) is 48.4 Å². The van der Waals surface area contributed by atoms with E-state index in [1.165, 1.54) is 11.8 Å². The fraction of sp³-hybridized carbons (Fsp3) is 0.857. The number of ether oxygens (including phenoxy) is 1. The Hall–Kier alpha value is -0.430. The van der Waals surface area contributed by atoms with Gasteiger partial charge in [-0.1, -0.05) is 0 Å². The molecule has 1 saturated heterocycles. The van der Waals surface area contributed by atoms with Gasteiger partial charge in [0.25, 0.3) is 0 Å². The van der Waals surface area contributed by atoms with Gasteiger partial charge in [0.15, 0.2) is 0 Å². The summed E-state index contributed by atoms with van der Waals surface area (Å²) in [7, 11) is 0. The van der Waals surface area contributed by atoms with Gasteiger partial charge in [0.05, 0.1) is 13.2 Å². The summed E-state index contributed by atoms with van der Waals surface area (Å²) in [6.07, 6.45) is -3.05. The van der Waals surface area contributed by atoms with Crippen LogP contribution < -0.4 is 0 Å². The molecular weight excluding hydrogens is 219 g/mol. The zero-order valence-electron chi connectivity index (χ0n) is 7.50. The SMILES string of the molecule is CSC1CN(C(=O)C(F)(F)F)CCO1. The molecule has 1 atom stereocenters. The van der Waals surface area contributed by atoms with Crippen LogP contribution in [0.2, 0.25) is 0 Å². The molecule has 0 bridgehead atoms. The lowest BCUT2D eigenvalue weighted by molar-refractivity contribution is -0.189. The summed E-state index contributed by atoms with van der Waals surface area (Å²) in [6, 6.07) is 0. The Morgan fingerprint density at radius 2 is 2.21 bits per heavy atom. The number of nitrogens with zero attached hydrogens (tertiary/aromatic N) is 1. The monoisotopic (exact) mass is 229 g/mol. The van der Waals surface area contributed by atoms with Crippen LogP contribution in [0.25, 0.3) is 0 Å². The third kappa shape index (κ3) is 2.78. The highest BCUT2D eigenvalue weighted by molar-refractivity contribution is 7.99. The molecule has 1 unspecified atom stereocenters. The average molecular weight is 229 g/mol. The van der Waals surface area contributed by atoms with E-state index in [1.807, 2.05) is 0 Å². The van der Waals surface area contributed by atoms with E-state index in [2.05, 4.69) is 0 Å². The smallest absolute Gasteiger partial charge is 0.364 e. The normalized spacial score (nSPS) is 23.7. The van der Waals surface area contributed by atoms with E-state index in [0.717, 1.165) is 4.90 Å². The Bertz CT molecular complexity index is 221. The lowest BCUT2D eigenvalue weighted by Crippen LogP contribution is -2.49. The summed E-state index contributed by atoms with van der Waals surface area (Å²) in [5, 5.41) is 0. The largest absolute Gasteiger partial charge is 0.471 e. The molecule has 0 aromatic heterocycles. The molecule has 1 amide bonds. The van der Waals surface area contributed by atoms with E-state index in [1.54, 1.807) is 6.26 Å². The summed E-state index contributed by atoms with van der Waals surface area (Å²) in [5.41, 5.74) is -0.352. The number of carbonyl (C=O) groups excluding carboxylic acids is 1. The molecule has 1 rings (SSSR count). The van der Waals surface area contributed by atoms with Crippen LogP contribution in [0, 0.1) is 0 Å². The predicted octanol–water partition coefficient (Wildman–Crippen LogP) is 1.10. The van der Waals surface area contributed by atoms with Crippen LogP contribution >= 0.6 is 11.8 Å². The molecular formula is C7H10F3NO2S. The molecule has 82 valence electrons. The highest BCUT2D eigenvalue weighted by Crippen LogP contribution is 2.22. The van der Waals surface area contributed by atoms with Crippen LogP contribution in [0.5, 0.6) is 0 Å². The zero-order chi connectivity index (χ0) is 10.8. The Labute approximate surface area is 83.6 Å². The van der Waals surface area contributed by atoms with Crippen molar-refractivity contribution in [1.82, 2.24) is 4.90 Å². The van der Waals surface area contributed by atoms with Crippen molar-refractivity contribution >= 4 is 17.7 Å². The van der Waals surface area contributed by atoms with Gasteiger partial charge in [-0.2, -0.15) is 13.2 Å². The maximum atomic E-state index is 12.0. The Balaban J connectivity index is 2.56. The second kappa shape index (κ2) is 4.39. The molecule has 0 aromatic rings. The fourth-order valence-corrected chi connectivity index (χ4v) is 1.69. The number of rotatable bonds is 1. The molecule has 1 aliphatic rings. The number of carbonyl (C=O) groups is 1. The third-order valence-electron chi connectivity index (χ3n) is 1.83. The highest BCUT2D eigenvalue weighted by Gasteiger charge is 2.43. The Morgan fingerprint density at radius 1 is 1.57 bits per heavy atom. The molecule has 0 saturated carbocycles. The minimum Gasteiger partial charge on any atom is -0.364 e. The van der Waals surface area contributed by atoms with Crippen molar-refractivity contribution in [2.24, 2.45) is 0 Å². The molecule has 0 aliphatic carbocycles. The first-order chi connectivity index (χ1) is 6.45. The molecule has 0 radical (unpaired) electrons. The maximum absolute atomic E-state index is 12.0. The van der Waals surface area contributed by atoms with Crippen molar-refractivity contribution in [3.8, 4) is 0 Å². The first kappa shape index (κ1) is 11.6. The molecule has 1 aliphatic heterocycles. The van der Waals surface area contributed by atoms with Crippen molar-refractivity contribution < 1.29 is 22.7 Å². The van der Waals surface area contributed by atoms with Crippen LogP contribution in [0.1, 0.15) is 0 Å². The van der Waals surface area contributed by atoms with Gasteiger partial charge in [-0.05, 0) is 6.26 Å². The van der Waals surface area contributed by atoms with Crippen LogP contribution in [0.3, 0.4) is 0 Å². The van der Waals surface area contributed by atoms with Gasteiger partial charge in [0.2, 0.25) is 0 Å². The summed E-state index contributed by atoms with van der Waals surface area (Å²) in [5.74, 6) is -1.78. The molecule has 7 heteroatoms. The molecule has 0 spiro atoms. The van der Waals surface area contributed by atoms with Crippen LogP contribution in [0.15, 0.2) is 0 Å².